The summed E-state index contributed by atoms with van der Waals surface area (Å²) < 4.78 is 77.9. The monoisotopic (exact) mass is 365 g/mol. The highest BCUT2D eigenvalue weighted by molar-refractivity contribution is 7.77. The minimum absolute atomic E-state index is 0.0292. The number of hydrogen-bond donors (Lipinski definition) is 1. The van der Waals surface area contributed by atoms with Gasteiger partial charge < -0.3 is 12.6 Å². The van der Waals surface area contributed by atoms with Crippen LogP contribution in [0.5, 0.6) is 0 Å². The molecule has 0 amide bonds. The topological polar surface area (TPSA) is 28.3 Å². The predicted molar refractivity (Wildman–Crippen MR) is 76.9 cm³/mol. The van der Waals surface area contributed by atoms with E-state index in [4.69, 9.17) is 12.6 Å². The fourth-order valence-corrected chi connectivity index (χ4v) is 1.94. The van der Waals surface area contributed by atoms with Gasteiger partial charge in [0, 0.05) is 17.3 Å². The van der Waals surface area contributed by atoms with Crippen molar-refractivity contribution >= 4 is 23.5 Å². The van der Waals surface area contributed by atoms with E-state index in [0.717, 1.165) is 0 Å². The molecule has 1 aromatic carbocycles. The Balaban J connectivity index is 2.40. The number of rotatable bonds is 2. The van der Waals surface area contributed by atoms with Crippen molar-refractivity contribution in [3.05, 3.63) is 59.9 Å². The molecule has 0 bridgehead atoms. The van der Waals surface area contributed by atoms with Crippen LogP contribution in [0.2, 0.25) is 0 Å². The van der Waals surface area contributed by atoms with Crippen molar-refractivity contribution in [3.63, 3.8) is 0 Å². The molecule has 0 atom stereocenters. The summed E-state index contributed by atoms with van der Waals surface area (Å²) >= 11 is 4.83. The molecule has 0 radical (unpaired) electrons. The van der Waals surface area contributed by atoms with Crippen LogP contribution in [0, 0.1) is 0 Å². The molecule has 2 aromatic rings. The van der Waals surface area contributed by atoms with Gasteiger partial charge in [-0.15, -0.1) is 0 Å². The quantitative estimate of drug-likeness (QED) is 0.288. The Kier molecular flexibility index (Phi) is 4.97. The zero-order chi connectivity index (χ0) is 18.0. The average Bonchev–Trinajstić information content (AvgIpc) is 2.46. The van der Waals surface area contributed by atoms with E-state index in [9.17, 15) is 26.3 Å². The van der Waals surface area contributed by atoms with Crippen molar-refractivity contribution in [2.24, 2.45) is 4.99 Å². The Bertz CT molecular complexity index is 708. The van der Waals surface area contributed by atoms with Gasteiger partial charge in [0.2, 0.25) is 0 Å². The highest BCUT2D eigenvalue weighted by atomic mass is 32.1. The number of aliphatic imine (C=N–C) groups is 1. The normalized spacial score (nSPS) is 13.0. The summed E-state index contributed by atoms with van der Waals surface area (Å²) in [6.45, 7) is 0. The number of halogens is 6. The summed E-state index contributed by atoms with van der Waals surface area (Å²) in [5.41, 5.74) is -0.929. The molecule has 0 aliphatic carbocycles. The van der Waals surface area contributed by atoms with Crippen LogP contribution in [-0.2, 0) is 25.0 Å². The van der Waals surface area contributed by atoms with Crippen LogP contribution in [-0.4, -0.2) is 5.17 Å². The van der Waals surface area contributed by atoms with Crippen LogP contribution in [0.3, 0.4) is 0 Å². The van der Waals surface area contributed by atoms with E-state index in [2.05, 4.69) is 10.4 Å². The third-order valence-electron chi connectivity index (χ3n) is 2.74. The fraction of sp³-hybridized carbons (Fsp3) is 0.143. The zero-order valence-corrected chi connectivity index (χ0v) is 12.5. The third kappa shape index (κ3) is 4.82. The van der Waals surface area contributed by atoms with Crippen LogP contribution in [0.1, 0.15) is 11.1 Å². The Morgan fingerprint density at radius 1 is 0.875 bits per heavy atom. The van der Waals surface area contributed by atoms with Gasteiger partial charge in [-0.05, 0) is 18.2 Å². The lowest BCUT2D eigenvalue weighted by atomic mass is 10.1. The summed E-state index contributed by atoms with van der Waals surface area (Å²) in [7, 11) is 0. The van der Waals surface area contributed by atoms with Crippen molar-refractivity contribution in [1.29, 1.82) is 0 Å². The number of amidine groups is 1. The van der Waals surface area contributed by atoms with E-state index in [-0.39, 0.29) is 11.2 Å². The number of benzene rings is 1. The Labute approximate surface area is 138 Å². The molecule has 24 heavy (non-hydrogen) atoms. The number of alkyl halides is 6. The van der Waals surface area contributed by atoms with E-state index >= 15 is 0 Å². The van der Waals surface area contributed by atoms with Crippen molar-refractivity contribution in [3.8, 4) is 0 Å². The average molecular weight is 365 g/mol. The smallest absolute Gasteiger partial charge is 0.416 e. The molecule has 0 saturated heterocycles. The molecule has 0 aliphatic heterocycles. The molecule has 0 saturated carbocycles. The first-order valence-electron chi connectivity index (χ1n) is 6.34. The van der Waals surface area contributed by atoms with Gasteiger partial charge in [-0.25, -0.2) is 0 Å². The molecule has 0 spiro atoms. The standard InChI is InChI=1S/C14H9F6N3S/c15-13(16,17)9-6-10(14(18,19)20)8-11(7-9)21-12(24)22-23-4-2-1-3-5-23/h1-8H,(H-,21,22,24). The largest absolute Gasteiger partial charge is 0.737 e. The Morgan fingerprint density at radius 2 is 1.38 bits per heavy atom. The first kappa shape index (κ1) is 18.0. The summed E-state index contributed by atoms with van der Waals surface area (Å²) in [4.78, 5) is 3.60. The second-order valence-electron chi connectivity index (χ2n) is 4.58. The van der Waals surface area contributed by atoms with Gasteiger partial charge in [-0.2, -0.15) is 31.8 Å². The van der Waals surface area contributed by atoms with Crippen molar-refractivity contribution < 1.29 is 31.0 Å². The molecule has 1 heterocycles. The first-order chi connectivity index (χ1) is 11.1. The second-order valence-corrected chi connectivity index (χ2v) is 4.96. The van der Waals surface area contributed by atoms with Gasteiger partial charge in [-0.1, -0.05) is 10.7 Å². The molecule has 0 aliphatic rings. The van der Waals surface area contributed by atoms with E-state index in [1.807, 2.05) is 0 Å². The van der Waals surface area contributed by atoms with Crippen LogP contribution in [0.15, 0.2) is 53.8 Å². The van der Waals surface area contributed by atoms with Crippen molar-refractivity contribution in [1.82, 2.24) is 0 Å². The van der Waals surface area contributed by atoms with E-state index < -0.39 is 29.2 Å². The van der Waals surface area contributed by atoms with Gasteiger partial charge in [-0.3, -0.25) is 4.99 Å². The predicted octanol–water partition coefficient (Wildman–Crippen LogP) is 3.79. The lowest BCUT2D eigenvalue weighted by Crippen LogP contribution is -2.46. The minimum Gasteiger partial charge on any atom is -0.737 e. The van der Waals surface area contributed by atoms with Crippen LogP contribution in [0.4, 0.5) is 32.0 Å². The molecule has 128 valence electrons. The summed E-state index contributed by atoms with van der Waals surface area (Å²) in [5, 5.41) is -0.293. The van der Waals surface area contributed by atoms with E-state index in [1.165, 1.54) is 17.1 Å². The minimum atomic E-state index is -4.94. The molecule has 1 aromatic heterocycles. The van der Waals surface area contributed by atoms with Gasteiger partial charge in [0.25, 0.3) is 0 Å². The summed E-state index contributed by atoms with van der Waals surface area (Å²) in [5.74, 6) is 0. The highest BCUT2D eigenvalue weighted by Gasteiger charge is 2.36. The van der Waals surface area contributed by atoms with E-state index in [1.54, 1.807) is 18.2 Å². The number of nitrogens with zero attached hydrogens (tertiary/aromatic N) is 2. The first-order valence-corrected chi connectivity index (χ1v) is 6.75. The fourth-order valence-electron chi connectivity index (χ4n) is 1.73. The Morgan fingerprint density at radius 3 is 1.83 bits per heavy atom. The summed E-state index contributed by atoms with van der Waals surface area (Å²) in [6.07, 6.45) is -6.80. The third-order valence-corrected chi connectivity index (χ3v) is 2.93. The van der Waals surface area contributed by atoms with Gasteiger partial charge in [0.15, 0.2) is 12.4 Å². The number of nitrogens with one attached hydrogen (secondary N) is 1. The molecule has 0 unspecified atom stereocenters. The van der Waals surface area contributed by atoms with Crippen molar-refractivity contribution in [2.45, 2.75) is 12.4 Å². The molecule has 2 rings (SSSR count). The molecular formula is C14H9F6N3S. The van der Waals surface area contributed by atoms with Gasteiger partial charge >= 0.3 is 12.4 Å². The van der Waals surface area contributed by atoms with E-state index in [0.29, 0.717) is 12.1 Å². The number of aromatic nitrogens is 1. The zero-order valence-electron chi connectivity index (χ0n) is 11.7. The maximum atomic E-state index is 12.8. The Hall–Kier alpha value is -2.36. The van der Waals surface area contributed by atoms with Crippen LogP contribution >= 0.6 is 0 Å². The molecular weight excluding hydrogens is 356 g/mol. The molecule has 1 N–H and O–H groups in total. The van der Waals surface area contributed by atoms with Crippen molar-refractivity contribution in [2.75, 3.05) is 5.43 Å². The lowest BCUT2D eigenvalue weighted by molar-refractivity contribution is -0.639. The second kappa shape index (κ2) is 6.63. The van der Waals surface area contributed by atoms with Gasteiger partial charge in [0.1, 0.15) is 0 Å². The van der Waals surface area contributed by atoms with Crippen LogP contribution < -0.4 is 10.1 Å². The maximum Gasteiger partial charge on any atom is 0.416 e. The van der Waals surface area contributed by atoms with Crippen LogP contribution in [0.25, 0.3) is 0 Å². The number of pyridine rings is 1. The highest BCUT2D eigenvalue weighted by Crippen LogP contribution is 2.38. The lowest BCUT2D eigenvalue weighted by Gasteiger charge is -2.14. The number of hydrogen-bond acceptors (Lipinski definition) is 2. The molecule has 10 heteroatoms. The molecule has 3 nitrogen and oxygen atoms in total. The SMILES string of the molecule is FC(F)(F)c1cc(N=C([S-])N[n+]2ccccc2)cc(C(F)(F)F)c1. The summed E-state index contributed by atoms with van der Waals surface area (Å²) in [6, 6.07) is 6.02. The maximum absolute atomic E-state index is 12.8. The molecule has 0 fully saturated rings. The van der Waals surface area contributed by atoms with Gasteiger partial charge in [0.05, 0.1) is 16.8 Å².